The Morgan fingerprint density at radius 1 is 1.21 bits per heavy atom. The number of halogens is 2. The molecular weight excluding hydrogens is 368 g/mol. The summed E-state index contributed by atoms with van der Waals surface area (Å²) in [6.07, 6.45) is 0.139. The molecule has 0 aromatic heterocycles. The lowest BCUT2D eigenvalue weighted by atomic mass is 9.83. The molecule has 5 nitrogen and oxygen atoms in total. The number of hydrogen-bond donors (Lipinski definition) is 1. The van der Waals surface area contributed by atoms with Gasteiger partial charge in [0.15, 0.2) is 6.61 Å². The van der Waals surface area contributed by atoms with Crippen LogP contribution in [0.15, 0.2) is 30.3 Å². The number of benzene rings is 1. The molecule has 156 valence electrons. The smallest absolute Gasteiger partial charge is 0.410 e. The third-order valence-electron chi connectivity index (χ3n) is 5.85. The predicted octanol–water partition coefficient (Wildman–Crippen LogP) is 3.95. The van der Waals surface area contributed by atoms with Crippen molar-refractivity contribution in [2.45, 2.75) is 75.7 Å². The van der Waals surface area contributed by atoms with Crippen molar-refractivity contribution in [3.05, 3.63) is 35.9 Å². The Hall–Kier alpha value is -1.73. The number of likely N-dealkylation sites (tertiary alicyclic amines) is 1. The molecule has 1 N–H and O–H groups in total. The summed E-state index contributed by atoms with van der Waals surface area (Å²) in [7, 11) is 0. The first-order valence-corrected chi connectivity index (χ1v) is 10.0. The van der Waals surface area contributed by atoms with Crippen LogP contribution in [0.1, 0.15) is 50.5 Å². The van der Waals surface area contributed by atoms with Crippen LogP contribution in [0.5, 0.6) is 0 Å². The van der Waals surface area contributed by atoms with Crippen LogP contribution < -0.4 is 0 Å². The molecule has 3 atom stereocenters. The lowest BCUT2D eigenvalue weighted by Crippen LogP contribution is -2.46. The van der Waals surface area contributed by atoms with Crippen molar-refractivity contribution in [1.82, 2.24) is 4.90 Å². The summed E-state index contributed by atoms with van der Waals surface area (Å²) in [5, 5.41) is 10.3. The molecule has 3 unspecified atom stereocenters. The minimum absolute atomic E-state index is 0.0852. The third kappa shape index (κ3) is 5.20. The standard InChI is InChI=1S/C21H29F2NO4/c1-14-11-19(25)18(24(14)21(26)28-13-20(22)23)12-27-17-9-7-16(8-10-17)15-5-3-2-4-6-15/h2-6,14,16-20,25H,7-13H2,1H3. The molecule has 0 bridgehead atoms. The van der Waals surface area contributed by atoms with Crippen LogP contribution >= 0.6 is 0 Å². The molecule has 0 spiro atoms. The highest BCUT2D eigenvalue weighted by molar-refractivity contribution is 5.69. The van der Waals surface area contributed by atoms with Crippen molar-refractivity contribution in [1.29, 1.82) is 0 Å². The highest BCUT2D eigenvalue weighted by Crippen LogP contribution is 2.34. The SMILES string of the molecule is CC1CC(O)C(COC2CCC(c3ccccc3)CC2)N1C(=O)OCC(F)F. The Morgan fingerprint density at radius 3 is 2.54 bits per heavy atom. The predicted molar refractivity (Wildman–Crippen MR) is 100 cm³/mol. The van der Waals surface area contributed by atoms with Crippen molar-refractivity contribution >= 4 is 6.09 Å². The Kier molecular flexibility index (Phi) is 7.24. The minimum atomic E-state index is -2.71. The molecule has 2 fully saturated rings. The fourth-order valence-corrected chi connectivity index (χ4v) is 4.37. The molecular formula is C21H29F2NO4. The molecule has 7 heteroatoms. The van der Waals surface area contributed by atoms with E-state index in [0.717, 1.165) is 25.7 Å². The summed E-state index contributed by atoms with van der Waals surface area (Å²) in [6.45, 7) is 1.03. The molecule has 1 saturated carbocycles. The van der Waals surface area contributed by atoms with Crippen molar-refractivity contribution in [2.24, 2.45) is 0 Å². The van der Waals surface area contributed by atoms with Gasteiger partial charge in [-0.3, -0.25) is 4.90 Å². The third-order valence-corrected chi connectivity index (χ3v) is 5.85. The van der Waals surface area contributed by atoms with Crippen LogP contribution in [0.25, 0.3) is 0 Å². The molecule has 1 aromatic rings. The average Bonchev–Trinajstić information content (AvgIpc) is 2.98. The maximum absolute atomic E-state index is 12.3. The number of ether oxygens (including phenoxy) is 2. The number of amides is 1. The van der Waals surface area contributed by atoms with Gasteiger partial charge < -0.3 is 14.6 Å². The second-order valence-corrected chi connectivity index (χ2v) is 7.81. The summed E-state index contributed by atoms with van der Waals surface area (Å²) in [4.78, 5) is 13.5. The summed E-state index contributed by atoms with van der Waals surface area (Å²) in [5.41, 5.74) is 1.36. The van der Waals surface area contributed by atoms with Crippen LogP contribution in [0, 0.1) is 0 Å². The van der Waals surface area contributed by atoms with Gasteiger partial charge in [-0.1, -0.05) is 30.3 Å². The van der Waals surface area contributed by atoms with Gasteiger partial charge in [0.1, 0.15) is 0 Å². The quantitative estimate of drug-likeness (QED) is 0.790. The number of aliphatic hydroxyl groups is 1. The first kappa shape index (κ1) is 21.0. The zero-order valence-electron chi connectivity index (χ0n) is 16.2. The second kappa shape index (κ2) is 9.65. The topological polar surface area (TPSA) is 59.0 Å². The number of nitrogens with zero attached hydrogens (tertiary/aromatic N) is 1. The van der Waals surface area contributed by atoms with Crippen LogP contribution in [0.4, 0.5) is 13.6 Å². The molecule has 1 aliphatic carbocycles. The van der Waals surface area contributed by atoms with E-state index in [9.17, 15) is 18.7 Å². The van der Waals surface area contributed by atoms with Gasteiger partial charge >= 0.3 is 6.09 Å². The molecule has 2 aliphatic rings. The molecule has 1 saturated heterocycles. The van der Waals surface area contributed by atoms with Crippen LogP contribution in [0.2, 0.25) is 0 Å². The Morgan fingerprint density at radius 2 is 1.89 bits per heavy atom. The lowest BCUT2D eigenvalue weighted by Gasteiger charge is -2.32. The van der Waals surface area contributed by atoms with Crippen LogP contribution in [0.3, 0.4) is 0 Å². The maximum Gasteiger partial charge on any atom is 0.410 e. The van der Waals surface area contributed by atoms with Crippen LogP contribution in [-0.4, -0.2) is 60.0 Å². The van der Waals surface area contributed by atoms with E-state index >= 15 is 0 Å². The van der Waals surface area contributed by atoms with Gasteiger partial charge in [-0.25, -0.2) is 13.6 Å². The van der Waals surface area contributed by atoms with E-state index in [1.165, 1.54) is 10.5 Å². The van der Waals surface area contributed by atoms with E-state index in [1.54, 1.807) is 6.92 Å². The number of carbonyl (C=O) groups is 1. The van der Waals surface area contributed by atoms with E-state index in [0.29, 0.717) is 12.3 Å². The molecule has 3 rings (SSSR count). The Balaban J connectivity index is 1.49. The Labute approximate surface area is 164 Å². The normalized spacial score (nSPS) is 30.6. The first-order valence-electron chi connectivity index (χ1n) is 10.0. The van der Waals surface area contributed by atoms with Gasteiger partial charge in [0, 0.05) is 6.04 Å². The molecule has 28 heavy (non-hydrogen) atoms. The fourth-order valence-electron chi connectivity index (χ4n) is 4.37. The van der Waals surface area contributed by atoms with Gasteiger partial charge in [-0.15, -0.1) is 0 Å². The summed E-state index contributed by atoms with van der Waals surface area (Å²) in [6, 6.07) is 9.61. The summed E-state index contributed by atoms with van der Waals surface area (Å²) >= 11 is 0. The van der Waals surface area contributed by atoms with Gasteiger partial charge in [-0.05, 0) is 50.5 Å². The van der Waals surface area contributed by atoms with Gasteiger partial charge in [0.05, 0.1) is 24.9 Å². The minimum Gasteiger partial charge on any atom is -0.443 e. The molecule has 0 radical (unpaired) electrons. The van der Waals surface area contributed by atoms with Crippen molar-refractivity contribution in [3.8, 4) is 0 Å². The van der Waals surface area contributed by atoms with Gasteiger partial charge in [0.25, 0.3) is 6.43 Å². The zero-order valence-corrected chi connectivity index (χ0v) is 16.2. The summed E-state index contributed by atoms with van der Waals surface area (Å²) < 4.78 is 35.3. The van der Waals surface area contributed by atoms with E-state index in [-0.39, 0.29) is 18.8 Å². The number of carbonyl (C=O) groups excluding carboxylic acids is 1. The van der Waals surface area contributed by atoms with E-state index in [1.807, 2.05) is 6.07 Å². The second-order valence-electron chi connectivity index (χ2n) is 7.81. The Bertz CT molecular complexity index is 622. The zero-order chi connectivity index (χ0) is 20.1. The number of aliphatic hydroxyl groups excluding tert-OH is 1. The average molecular weight is 397 g/mol. The molecule has 1 aliphatic heterocycles. The largest absolute Gasteiger partial charge is 0.443 e. The number of rotatable bonds is 6. The fraction of sp³-hybridized carbons (Fsp3) is 0.667. The van der Waals surface area contributed by atoms with Crippen molar-refractivity contribution in [3.63, 3.8) is 0 Å². The van der Waals surface area contributed by atoms with Gasteiger partial charge in [0.2, 0.25) is 0 Å². The highest BCUT2D eigenvalue weighted by Gasteiger charge is 2.42. The number of hydrogen-bond acceptors (Lipinski definition) is 4. The molecule has 1 aromatic carbocycles. The van der Waals surface area contributed by atoms with Crippen LogP contribution in [-0.2, 0) is 9.47 Å². The van der Waals surface area contributed by atoms with E-state index in [2.05, 4.69) is 29.0 Å². The number of alkyl halides is 2. The summed E-state index contributed by atoms with van der Waals surface area (Å²) in [5.74, 6) is 0.541. The first-order chi connectivity index (χ1) is 13.5. The maximum atomic E-state index is 12.3. The lowest BCUT2D eigenvalue weighted by molar-refractivity contribution is -0.0315. The van der Waals surface area contributed by atoms with Crippen molar-refractivity contribution in [2.75, 3.05) is 13.2 Å². The van der Waals surface area contributed by atoms with E-state index < -0.39 is 31.3 Å². The van der Waals surface area contributed by atoms with Crippen molar-refractivity contribution < 1.29 is 28.2 Å². The molecule has 1 heterocycles. The van der Waals surface area contributed by atoms with E-state index in [4.69, 9.17) is 4.74 Å². The highest BCUT2D eigenvalue weighted by atomic mass is 19.3. The molecule has 1 amide bonds. The monoisotopic (exact) mass is 397 g/mol. The van der Waals surface area contributed by atoms with Gasteiger partial charge in [-0.2, -0.15) is 0 Å².